The third kappa shape index (κ3) is 2.60. The lowest BCUT2D eigenvalue weighted by Gasteiger charge is -2.35. The molecule has 2 unspecified atom stereocenters. The van der Waals surface area contributed by atoms with Crippen molar-refractivity contribution in [3.63, 3.8) is 0 Å². The van der Waals surface area contributed by atoms with Gasteiger partial charge in [0, 0.05) is 6.54 Å². The maximum absolute atomic E-state index is 11.9. The molecule has 0 spiro atoms. The third-order valence-corrected chi connectivity index (χ3v) is 3.07. The second kappa shape index (κ2) is 3.98. The molecule has 2 saturated heterocycles. The van der Waals surface area contributed by atoms with Crippen LogP contribution < -0.4 is 0 Å². The molecule has 0 N–H and O–H groups in total. The first-order chi connectivity index (χ1) is 7.84. The number of carbonyl (C=O) groups is 2. The smallest absolute Gasteiger partial charge is 0.410 e. The highest BCUT2D eigenvalue weighted by atomic mass is 16.6. The molecule has 96 valence electrons. The maximum Gasteiger partial charge on any atom is 0.410 e. The van der Waals surface area contributed by atoms with Gasteiger partial charge in [-0.05, 0) is 27.2 Å². The lowest BCUT2D eigenvalue weighted by Crippen LogP contribution is -2.50. The van der Waals surface area contributed by atoms with E-state index < -0.39 is 11.0 Å². The second-order valence-corrected chi connectivity index (χ2v) is 5.98. The van der Waals surface area contributed by atoms with E-state index in [0.29, 0.717) is 19.7 Å². The maximum atomic E-state index is 11.9. The number of likely N-dealkylation sites (tertiary alicyclic amines) is 1. The lowest BCUT2D eigenvalue weighted by atomic mass is 9.84. The summed E-state index contributed by atoms with van der Waals surface area (Å²) in [7, 11) is 0. The first-order valence-corrected chi connectivity index (χ1v) is 5.89. The molecule has 5 heteroatoms. The fraction of sp³-hybridized carbons (Fsp3) is 0.833. The van der Waals surface area contributed by atoms with E-state index in [1.54, 1.807) is 4.90 Å². The molecule has 0 radical (unpaired) electrons. The van der Waals surface area contributed by atoms with Crippen molar-refractivity contribution in [2.24, 2.45) is 5.41 Å². The van der Waals surface area contributed by atoms with Gasteiger partial charge in [0.2, 0.25) is 0 Å². The molecule has 0 aromatic heterocycles. The minimum atomic E-state index is -0.514. The van der Waals surface area contributed by atoms with E-state index in [4.69, 9.17) is 9.47 Å². The number of hydrogen-bond acceptors (Lipinski definition) is 4. The SMILES string of the molecule is CC(C)(C)OC(=O)N1CC2CC(C=O)(CO2)C1. The van der Waals surface area contributed by atoms with Crippen LogP contribution >= 0.6 is 0 Å². The highest BCUT2D eigenvalue weighted by Gasteiger charge is 2.48. The van der Waals surface area contributed by atoms with Crippen molar-refractivity contribution >= 4 is 12.4 Å². The molecule has 0 aromatic carbocycles. The van der Waals surface area contributed by atoms with Crippen molar-refractivity contribution in [2.45, 2.75) is 38.9 Å². The van der Waals surface area contributed by atoms with Crippen LogP contribution in [-0.4, -0.2) is 48.7 Å². The zero-order chi connectivity index (χ0) is 12.7. The van der Waals surface area contributed by atoms with Crippen LogP contribution in [0.15, 0.2) is 0 Å². The fourth-order valence-corrected chi connectivity index (χ4v) is 2.36. The molecule has 0 aliphatic carbocycles. The third-order valence-electron chi connectivity index (χ3n) is 3.07. The number of amides is 1. The number of ether oxygens (including phenoxy) is 2. The van der Waals surface area contributed by atoms with Gasteiger partial charge in [-0.1, -0.05) is 0 Å². The largest absolute Gasteiger partial charge is 0.444 e. The summed E-state index contributed by atoms with van der Waals surface area (Å²) in [6.45, 7) is 6.83. The summed E-state index contributed by atoms with van der Waals surface area (Å²) in [6.07, 6.45) is 1.25. The van der Waals surface area contributed by atoms with Crippen LogP contribution in [0.25, 0.3) is 0 Å². The van der Waals surface area contributed by atoms with Crippen LogP contribution in [0.5, 0.6) is 0 Å². The van der Waals surface area contributed by atoms with E-state index in [9.17, 15) is 9.59 Å². The number of rotatable bonds is 1. The van der Waals surface area contributed by atoms with Crippen molar-refractivity contribution in [3.8, 4) is 0 Å². The van der Waals surface area contributed by atoms with Gasteiger partial charge in [-0.2, -0.15) is 0 Å². The van der Waals surface area contributed by atoms with Crippen molar-refractivity contribution < 1.29 is 19.1 Å². The Labute approximate surface area is 101 Å². The molecule has 17 heavy (non-hydrogen) atoms. The summed E-state index contributed by atoms with van der Waals surface area (Å²) in [5, 5.41) is 0. The Morgan fingerprint density at radius 2 is 2.24 bits per heavy atom. The van der Waals surface area contributed by atoms with Crippen LogP contribution in [0.3, 0.4) is 0 Å². The van der Waals surface area contributed by atoms with E-state index in [0.717, 1.165) is 12.7 Å². The average Bonchev–Trinajstić information content (AvgIpc) is 2.52. The Hall–Kier alpha value is -1.10. The zero-order valence-corrected chi connectivity index (χ0v) is 10.6. The molecule has 0 saturated carbocycles. The molecule has 5 nitrogen and oxygen atoms in total. The number of fused-ring (bicyclic) bond motifs is 2. The molecule has 2 aliphatic rings. The second-order valence-electron chi connectivity index (χ2n) is 5.98. The molecule has 2 fully saturated rings. The van der Waals surface area contributed by atoms with E-state index >= 15 is 0 Å². The van der Waals surface area contributed by atoms with Crippen LogP contribution in [0.1, 0.15) is 27.2 Å². The number of piperidine rings is 1. The first kappa shape index (κ1) is 12.4. The fourth-order valence-electron chi connectivity index (χ4n) is 2.36. The number of aldehydes is 1. The van der Waals surface area contributed by atoms with Crippen molar-refractivity contribution in [2.75, 3.05) is 19.7 Å². The Bertz CT molecular complexity index is 336. The summed E-state index contributed by atoms with van der Waals surface area (Å²) in [4.78, 5) is 24.6. The number of carbonyl (C=O) groups excluding carboxylic acids is 2. The van der Waals surface area contributed by atoms with E-state index in [1.165, 1.54) is 0 Å². The summed E-state index contributed by atoms with van der Waals surface area (Å²) in [6, 6.07) is 0. The normalized spacial score (nSPS) is 32.4. The summed E-state index contributed by atoms with van der Waals surface area (Å²) in [5.74, 6) is 0. The molecule has 2 atom stereocenters. The summed E-state index contributed by atoms with van der Waals surface area (Å²) in [5.41, 5.74) is -1.03. The van der Waals surface area contributed by atoms with E-state index in [1.807, 2.05) is 20.8 Å². The zero-order valence-electron chi connectivity index (χ0n) is 10.6. The molecule has 1 amide bonds. The number of nitrogens with zero attached hydrogens (tertiary/aromatic N) is 1. The predicted molar refractivity (Wildman–Crippen MR) is 60.7 cm³/mol. The van der Waals surface area contributed by atoms with Crippen LogP contribution in [-0.2, 0) is 14.3 Å². The van der Waals surface area contributed by atoms with Gasteiger partial charge in [0.05, 0.1) is 24.7 Å². The quantitative estimate of drug-likeness (QED) is 0.647. The van der Waals surface area contributed by atoms with Crippen LogP contribution in [0.4, 0.5) is 4.79 Å². The Kier molecular flexibility index (Phi) is 2.89. The van der Waals surface area contributed by atoms with Gasteiger partial charge in [0.15, 0.2) is 0 Å². The van der Waals surface area contributed by atoms with Crippen molar-refractivity contribution in [3.05, 3.63) is 0 Å². The van der Waals surface area contributed by atoms with E-state index in [-0.39, 0.29) is 12.2 Å². The average molecular weight is 241 g/mol. The molecular formula is C12H19NO4. The van der Waals surface area contributed by atoms with Gasteiger partial charge < -0.3 is 19.2 Å². The topological polar surface area (TPSA) is 55.8 Å². The van der Waals surface area contributed by atoms with Crippen LogP contribution in [0.2, 0.25) is 0 Å². The lowest BCUT2D eigenvalue weighted by molar-refractivity contribution is -0.117. The number of hydrogen-bond donors (Lipinski definition) is 0. The Morgan fingerprint density at radius 3 is 2.82 bits per heavy atom. The van der Waals surface area contributed by atoms with Crippen molar-refractivity contribution in [1.82, 2.24) is 4.90 Å². The predicted octanol–water partition coefficient (Wildman–Crippen LogP) is 1.21. The molecule has 2 heterocycles. The monoisotopic (exact) mass is 241 g/mol. The molecule has 2 aliphatic heterocycles. The first-order valence-electron chi connectivity index (χ1n) is 5.89. The minimum Gasteiger partial charge on any atom is -0.444 e. The van der Waals surface area contributed by atoms with Gasteiger partial charge in [-0.3, -0.25) is 0 Å². The summed E-state index contributed by atoms with van der Waals surface area (Å²) >= 11 is 0. The highest BCUT2D eigenvalue weighted by molar-refractivity contribution is 5.70. The van der Waals surface area contributed by atoms with Crippen LogP contribution in [0, 0.1) is 5.41 Å². The molecular weight excluding hydrogens is 222 g/mol. The molecule has 2 bridgehead atoms. The minimum absolute atomic E-state index is 0.0264. The van der Waals surface area contributed by atoms with Gasteiger partial charge in [-0.25, -0.2) is 4.79 Å². The van der Waals surface area contributed by atoms with Gasteiger partial charge >= 0.3 is 6.09 Å². The van der Waals surface area contributed by atoms with Gasteiger partial charge in [0.25, 0.3) is 0 Å². The summed E-state index contributed by atoms with van der Waals surface area (Å²) < 4.78 is 10.8. The Balaban J connectivity index is 2.04. The van der Waals surface area contributed by atoms with E-state index in [2.05, 4.69) is 0 Å². The van der Waals surface area contributed by atoms with Gasteiger partial charge in [-0.15, -0.1) is 0 Å². The standard InChI is InChI=1S/C12H19NO4/c1-11(2,3)17-10(15)13-5-9-4-12(6-13,7-14)8-16-9/h7,9H,4-6,8H2,1-3H3. The van der Waals surface area contributed by atoms with Crippen molar-refractivity contribution in [1.29, 1.82) is 0 Å². The molecule has 2 rings (SSSR count). The highest BCUT2D eigenvalue weighted by Crippen LogP contribution is 2.36. The Morgan fingerprint density at radius 1 is 1.53 bits per heavy atom. The molecule has 0 aromatic rings. The van der Waals surface area contributed by atoms with Gasteiger partial charge in [0.1, 0.15) is 11.9 Å².